The van der Waals surface area contributed by atoms with Gasteiger partial charge in [-0.15, -0.1) is 0 Å². The average Bonchev–Trinajstić information content (AvgIpc) is 2.74. The van der Waals surface area contributed by atoms with Gasteiger partial charge in [-0.25, -0.2) is 4.98 Å². The number of carbonyl (C=O) groups excluding carboxylic acids is 3. The van der Waals surface area contributed by atoms with Gasteiger partial charge in [0.1, 0.15) is 5.82 Å². The van der Waals surface area contributed by atoms with Gasteiger partial charge in [0, 0.05) is 43.7 Å². The minimum absolute atomic E-state index is 0. The van der Waals surface area contributed by atoms with Gasteiger partial charge in [-0.3, -0.25) is 19.7 Å². The van der Waals surface area contributed by atoms with Crippen LogP contribution < -0.4 is 50.6 Å². The number of anilines is 1. The number of nitrogens with zero attached hydrogens (tertiary/aromatic N) is 2. The van der Waals surface area contributed by atoms with Crippen LogP contribution in [0.3, 0.4) is 0 Å². The Morgan fingerprint density at radius 3 is 2.58 bits per heavy atom. The van der Waals surface area contributed by atoms with Crippen molar-refractivity contribution in [2.45, 2.75) is 32.2 Å². The first-order valence-electron chi connectivity index (χ1n) is 9.91. The zero-order valence-corrected chi connectivity index (χ0v) is 20.5. The van der Waals surface area contributed by atoms with Crippen molar-refractivity contribution in [3.05, 3.63) is 63.8 Å². The number of carbonyl (C=O) groups is 3. The number of hydrogen-bond acceptors (Lipinski definition) is 8. The van der Waals surface area contributed by atoms with Crippen LogP contribution in [0.2, 0.25) is 0 Å². The molecule has 12 heteroatoms. The quantitative estimate of drug-likeness (QED) is 0.135. The largest absolute Gasteiger partial charge is 1.00 e. The molecule has 0 fully saturated rings. The number of aliphatic carboxylic acids is 1. The summed E-state index contributed by atoms with van der Waals surface area (Å²) in [5.41, 5.74) is 1.08. The number of non-ortho nitro benzene ring substituents is 1. The van der Waals surface area contributed by atoms with Crippen LogP contribution in [0, 0.1) is 17.0 Å². The molecule has 2 rings (SSSR count). The van der Waals surface area contributed by atoms with E-state index in [1.807, 2.05) is 19.1 Å². The van der Waals surface area contributed by atoms with E-state index in [1.54, 1.807) is 6.20 Å². The number of aryl methyl sites for hydroxylation is 1. The van der Waals surface area contributed by atoms with Gasteiger partial charge in [-0.2, -0.15) is 0 Å². The molecule has 33 heavy (non-hydrogen) atoms. The van der Waals surface area contributed by atoms with Gasteiger partial charge in [-0.1, -0.05) is 12.1 Å². The Morgan fingerprint density at radius 2 is 1.91 bits per heavy atom. The van der Waals surface area contributed by atoms with Crippen molar-refractivity contribution in [3.8, 4) is 0 Å². The van der Waals surface area contributed by atoms with Crippen molar-refractivity contribution in [1.29, 1.82) is 0 Å². The van der Waals surface area contributed by atoms with Crippen molar-refractivity contribution in [1.82, 2.24) is 15.6 Å². The second-order valence-electron chi connectivity index (χ2n) is 7.07. The maximum atomic E-state index is 12.2. The molecule has 0 saturated heterocycles. The first kappa shape index (κ1) is 28.0. The number of nitrogens with one attached hydrogen (secondary N) is 3. The first-order chi connectivity index (χ1) is 15.2. The molecule has 1 heterocycles. The van der Waals surface area contributed by atoms with Crippen molar-refractivity contribution in [3.63, 3.8) is 0 Å². The number of carboxylic acids is 1. The molecule has 0 bridgehead atoms. The molecule has 1 atom stereocenters. The fourth-order valence-electron chi connectivity index (χ4n) is 2.88. The van der Waals surface area contributed by atoms with E-state index in [-0.39, 0.29) is 59.7 Å². The third-order valence-corrected chi connectivity index (χ3v) is 4.44. The Labute approximate surface area is 212 Å². The SMILES string of the molecule is Cc1ccnc(NCCCC(=O)NCC(=O)N[C@@H](CC(=O)[O-])c2cccc([N+](=O)[O-])c2)c1.[Na+]. The van der Waals surface area contributed by atoms with Crippen molar-refractivity contribution in [2.75, 3.05) is 18.4 Å². The molecular formula is C21H24N5NaO6. The van der Waals surface area contributed by atoms with Crippen molar-refractivity contribution < 1.29 is 54.0 Å². The summed E-state index contributed by atoms with van der Waals surface area (Å²) in [5, 5.41) is 30.0. The Kier molecular flexibility index (Phi) is 12.0. The van der Waals surface area contributed by atoms with Crippen molar-refractivity contribution in [2.24, 2.45) is 0 Å². The van der Waals surface area contributed by atoms with E-state index in [0.717, 1.165) is 5.56 Å². The Balaban J connectivity index is 0.00000544. The Bertz CT molecular complexity index is 987. The van der Waals surface area contributed by atoms with Gasteiger partial charge in [0.15, 0.2) is 0 Å². The van der Waals surface area contributed by atoms with Crippen LogP contribution in [-0.4, -0.2) is 40.8 Å². The normalized spacial score (nSPS) is 10.9. The number of aromatic nitrogens is 1. The number of nitro groups is 1. The summed E-state index contributed by atoms with van der Waals surface area (Å²) in [6.45, 7) is 2.11. The van der Waals surface area contributed by atoms with Crippen LogP contribution in [0.5, 0.6) is 0 Å². The Morgan fingerprint density at radius 1 is 1.15 bits per heavy atom. The number of amides is 2. The molecule has 1 aromatic heterocycles. The number of hydrogen-bond donors (Lipinski definition) is 3. The molecule has 0 spiro atoms. The van der Waals surface area contributed by atoms with E-state index in [1.165, 1.54) is 24.3 Å². The van der Waals surface area contributed by atoms with E-state index < -0.39 is 29.3 Å². The summed E-state index contributed by atoms with van der Waals surface area (Å²) < 4.78 is 0. The molecule has 0 unspecified atom stereocenters. The van der Waals surface area contributed by atoms with E-state index in [2.05, 4.69) is 20.9 Å². The molecule has 2 aromatic rings. The van der Waals surface area contributed by atoms with Crippen LogP contribution in [0.15, 0.2) is 42.6 Å². The maximum Gasteiger partial charge on any atom is 1.00 e. The number of benzene rings is 1. The smallest absolute Gasteiger partial charge is 0.550 e. The standard InChI is InChI=1S/C21H25N5O6.Na/c1-14-7-9-23-18(10-14)22-8-3-6-19(27)24-13-20(28)25-17(12-21(29)30)15-4-2-5-16(11-15)26(31)32;/h2,4-5,7,9-11,17H,3,6,8,12-13H2,1H3,(H,22,23)(H,24,27)(H,25,28)(H,29,30);/q;+1/p-1/t17-;/m0./s1. The van der Waals surface area contributed by atoms with E-state index in [9.17, 15) is 29.6 Å². The summed E-state index contributed by atoms with van der Waals surface area (Å²) in [4.78, 5) is 49.6. The van der Waals surface area contributed by atoms with Gasteiger partial charge in [0.25, 0.3) is 5.69 Å². The van der Waals surface area contributed by atoms with Gasteiger partial charge in [0.2, 0.25) is 11.8 Å². The number of nitro benzene ring substituents is 1. The third-order valence-electron chi connectivity index (χ3n) is 4.44. The minimum Gasteiger partial charge on any atom is -0.550 e. The van der Waals surface area contributed by atoms with E-state index >= 15 is 0 Å². The topological polar surface area (TPSA) is 166 Å². The predicted molar refractivity (Wildman–Crippen MR) is 113 cm³/mol. The maximum absolute atomic E-state index is 12.2. The fourth-order valence-corrected chi connectivity index (χ4v) is 2.88. The first-order valence-corrected chi connectivity index (χ1v) is 9.91. The summed E-state index contributed by atoms with van der Waals surface area (Å²) >= 11 is 0. The van der Waals surface area contributed by atoms with Crippen LogP contribution in [-0.2, 0) is 14.4 Å². The average molecular weight is 465 g/mol. The second kappa shape index (κ2) is 14.2. The van der Waals surface area contributed by atoms with Crippen molar-refractivity contribution >= 4 is 29.3 Å². The van der Waals surface area contributed by atoms with Crippen LogP contribution in [0.1, 0.15) is 36.4 Å². The monoisotopic (exact) mass is 465 g/mol. The number of carboxylic acid groups (broad SMARTS) is 1. The third kappa shape index (κ3) is 10.4. The Hall–Kier alpha value is -3.02. The van der Waals surface area contributed by atoms with Crippen LogP contribution in [0.4, 0.5) is 11.5 Å². The van der Waals surface area contributed by atoms with Gasteiger partial charge < -0.3 is 25.9 Å². The van der Waals surface area contributed by atoms with E-state index in [0.29, 0.717) is 18.8 Å². The molecular weight excluding hydrogens is 441 g/mol. The molecule has 0 saturated carbocycles. The molecule has 0 aliphatic rings. The molecule has 3 N–H and O–H groups in total. The summed E-state index contributed by atoms with van der Waals surface area (Å²) in [6, 6.07) is 8.03. The predicted octanol–water partition coefficient (Wildman–Crippen LogP) is -2.39. The zero-order chi connectivity index (χ0) is 23.5. The molecule has 0 radical (unpaired) electrons. The number of pyridine rings is 1. The van der Waals surface area contributed by atoms with Crippen LogP contribution in [0.25, 0.3) is 0 Å². The summed E-state index contributed by atoms with van der Waals surface area (Å²) in [5.74, 6) is -1.68. The van der Waals surface area contributed by atoms with Gasteiger partial charge in [0.05, 0.1) is 17.5 Å². The minimum atomic E-state index is -1.43. The zero-order valence-electron chi connectivity index (χ0n) is 18.5. The molecule has 0 aliphatic heterocycles. The fraction of sp³-hybridized carbons (Fsp3) is 0.333. The van der Waals surface area contributed by atoms with Gasteiger partial charge >= 0.3 is 29.6 Å². The molecule has 2 amide bonds. The molecule has 1 aromatic carbocycles. The number of rotatable bonds is 12. The summed E-state index contributed by atoms with van der Waals surface area (Å²) in [6.07, 6.45) is 1.81. The second-order valence-corrected chi connectivity index (χ2v) is 7.07. The van der Waals surface area contributed by atoms with Gasteiger partial charge in [-0.05, 0) is 36.6 Å². The van der Waals surface area contributed by atoms with Crippen LogP contribution >= 0.6 is 0 Å². The summed E-state index contributed by atoms with van der Waals surface area (Å²) in [7, 11) is 0. The molecule has 0 aliphatic carbocycles. The molecule has 11 nitrogen and oxygen atoms in total. The van der Waals surface area contributed by atoms with E-state index in [4.69, 9.17) is 0 Å². The molecule has 170 valence electrons.